The van der Waals surface area contributed by atoms with Gasteiger partial charge in [0.15, 0.2) is 5.78 Å². The summed E-state index contributed by atoms with van der Waals surface area (Å²) in [5.74, 6) is -0.196. The van der Waals surface area contributed by atoms with Gasteiger partial charge >= 0.3 is 5.97 Å². The molecule has 0 N–H and O–H groups in total. The summed E-state index contributed by atoms with van der Waals surface area (Å²) in [5.41, 5.74) is 0. The van der Waals surface area contributed by atoms with E-state index in [0.717, 1.165) is 11.3 Å². The first-order chi connectivity index (χ1) is 8.60. The van der Waals surface area contributed by atoms with Crippen LogP contribution in [0, 0.1) is 5.92 Å². The molecule has 1 fully saturated rings. The molecule has 0 spiro atoms. The maximum atomic E-state index is 12.2. The zero-order valence-electron chi connectivity index (χ0n) is 10.5. The van der Waals surface area contributed by atoms with E-state index in [1.54, 1.807) is 6.07 Å². The second-order valence-corrected chi connectivity index (χ2v) is 5.63. The van der Waals surface area contributed by atoms with Gasteiger partial charge in [-0.1, -0.05) is 0 Å². The van der Waals surface area contributed by atoms with Gasteiger partial charge in [-0.25, -0.2) is 0 Å². The maximum Gasteiger partial charge on any atom is 0.310 e. The molecule has 0 aliphatic carbocycles. The van der Waals surface area contributed by atoms with E-state index in [1.807, 2.05) is 13.0 Å². The zero-order valence-corrected chi connectivity index (χ0v) is 11.3. The predicted molar refractivity (Wildman–Crippen MR) is 67.9 cm³/mol. The molecule has 0 bridgehead atoms. The van der Waals surface area contributed by atoms with Gasteiger partial charge in [-0.2, -0.15) is 0 Å². The molecule has 5 heteroatoms. The van der Waals surface area contributed by atoms with Crippen LogP contribution < -0.4 is 0 Å². The van der Waals surface area contributed by atoms with Crippen molar-refractivity contribution in [2.24, 2.45) is 5.92 Å². The molecule has 18 heavy (non-hydrogen) atoms. The molecule has 0 radical (unpaired) electrons. The van der Waals surface area contributed by atoms with E-state index in [0.29, 0.717) is 11.5 Å². The van der Waals surface area contributed by atoms with Crippen LogP contribution in [0.1, 0.15) is 27.9 Å². The zero-order chi connectivity index (χ0) is 13.1. The van der Waals surface area contributed by atoms with Gasteiger partial charge in [-0.3, -0.25) is 9.59 Å². The molecule has 98 valence electrons. The van der Waals surface area contributed by atoms with Gasteiger partial charge in [0, 0.05) is 10.8 Å². The van der Waals surface area contributed by atoms with Crippen LogP contribution in [0.4, 0.5) is 0 Å². The van der Waals surface area contributed by atoms with Crippen molar-refractivity contribution in [2.75, 3.05) is 13.7 Å². The minimum Gasteiger partial charge on any atom is -0.469 e. The van der Waals surface area contributed by atoms with Crippen molar-refractivity contribution < 1.29 is 19.1 Å². The predicted octanol–water partition coefficient (Wildman–Crippen LogP) is 2.07. The summed E-state index contributed by atoms with van der Waals surface area (Å²) in [4.78, 5) is 24.9. The van der Waals surface area contributed by atoms with Crippen LogP contribution in [0.15, 0.2) is 12.1 Å². The normalized spacial score (nSPS) is 23.0. The molecule has 2 heterocycles. The van der Waals surface area contributed by atoms with Crippen LogP contribution in [0.5, 0.6) is 0 Å². The summed E-state index contributed by atoms with van der Waals surface area (Å²) in [7, 11) is 1.36. The maximum absolute atomic E-state index is 12.2. The van der Waals surface area contributed by atoms with E-state index in [2.05, 4.69) is 4.74 Å². The fourth-order valence-electron chi connectivity index (χ4n) is 2.02. The topological polar surface area (TPSA) is 52.6 Å². The SMILES string of the molecule is COC(=O)Cc1ccc(C(=O)C2COC(C)C2)s1. The number of methoxy groups -OCH3 is 1. The summed E-state index contributed by atoms with van der Waals surface area (Å²) in [6.45, 7) is 2.48. The number of hydrogen-bond donors (Lipinski definition) is 0. The Kier molecular flexibility index (Phi) is 4.14. The van der Waals surface area contributed by atoms with Gasteiger partial charge < -0.3 is 9.47 Å². The van der Waals surface area contributed by atoms with Gasteiger partial charge in [0.1, 0.15) is 0 Å². The van der Waals surface area contributed by atoms with Crippen LogP contribution in [0.3, 0.4) is 0 Å². The fourth-order valence-corrected chi connectivity index (χ4v) is 3.03. The lowest BCUT2D eigenvalue weighted by atomic mass is 10.0. The minimum absolute atomic E-state index is 0.0374. The Morgan fingerprint density at radius 3 is 2.89 bits per heavy atom. The van der Waals surface area contributed by atoms with Crippen molar-refractivity contribution in [3.8, 4) is 0 Å². The molecular weight excluding hydrogens is 252 g/mol. The van der Waals surface area contributed by atoms with Crippen LogP contribution in [-0.2, 0) is 20.7 Å². The molecule has 1 aliphatic heterocycles. The van der Waals surface area contributed by atoms with Crippen molar-refractivity contribution in [3.63, 3.8) is 0 Å². The molecule has 2 atom stereocenters. The molecule has 1 saturated heterocycles. The molecule has 1 aromatic rings. The monoisotopic (exact) mass is 268 g/mol. The van der Waals surface area contributed by atoms with Crippen molar-refractivity contribution in [2.45, 2.75) is 25.9 Å². The highest BCUT2D eigenvalue weighted by Crippen LogP contribution is 2.27. The molecule has 0 amide bonds. The van der Waals surface area contributed by atoms with Crippen LogP contribution >= 0.6 is 11.3 Å². The summed E-state index contributed by atoms with van der Waals surface area (Å²) >= 11 is 1.37. The number of Topliss-reactive ketones (excluding diaryl/α,β-unsaturated/α-hetero) is 1. The van der Waals surface area contributed by atoms with E-state index in [9.17, 15) is 9.59 Å². The van der Waals surface area contributed by atoms with E-state index in [4.69, 9.17) is 4.74 Å². The van der Waals surface area contributed by atoms with Crippen LogP contribution in [-0.4, -0.2) is 31.6 Å². The molecule has 2 unspecified atom stereocenters. The van der Waals surface area contributed by atoms with E-state index in [-0.39, 0.29) is 30.2 Å². The number of thiophene rings is 1. The number of hydrogen-bond acceptors (Lipinski definition) is 5. The lowest BCUT2D eigenvalue weighted by molar-refractivity contribution is -0.139. The van der Waals surface area contributed by atoms with Crippen molar-refractivity contribution >= 4 is 23.1 Å². The second-order valence-electron chi connectivity index (χ2n) is 4.46. The molecule has 0 aromatic carbocycles. The molecule has 4 nitrogen and oxygen atoms in total. The van der Waals surface area contributed by atoms with Crippen molar-refractivity contribution in [3.05, 3.63) is 21.9 Å². The third kappa shape index (κ3) is 2.97. The highest BCUT2D eigenvalue weighted by Gasteiger charge is 2.29. The van der Waals surface area contributed by atoms with E-state index < -0.39 is 0 Å². The average molecular weight is 268 g/mol. The largest absolute Gasteiger partial charge is 0.469 e. The highest BCUT2D eigenvalue weighted by atomic mass is 32.1. The lowest BCUT2D eigenvalue weighted by Crippen LogP contribution is -2.13. The molecular formula is C13H16O4S. The van der Waals surface area contributed by atoms with Gasteiger partial charge in [0.2, 0.25) is 0 Å². The first-order valence-corrected chi connectivity index (χ1v) is 6.73. The minimum atomic E-state index is -0.284. The number of ether oxygens (including phenoxy) is 2. The number of carbonyl (C=O) groups excluding carboxylic acids is 2. The number of carbonyl (C=O) groups is 2. The van der Waals surface area contributed by atoms with Crippen molar-refractivity contribution in [1.29, 1.82) is 0 Å². The number of esters is 1. The molecule has 2 rings (SSSR count). The molecule has 0 saturated carbocycles. The Balaban J connectivity index is 2.01. The quantitative estimate of drug-likeness (QED) is 0.619. The Labute approximate surface area is 110 Å². The summed E-state index contributed by atoms with van der Waals surface area (Å²) in [6, 6.07) is 3.60. The first-order valence-electron chi connectivity index (χ1n) is 5.91. The van der Waals surface area contributed by atoms with Gasteiger partial charge in [0.05, 0.1) is 31.1 Å². The van der Waals surface area contributed by atoms with Gasteiger partial charge in [0.25, 0.3) is 0 Å². The Hall–Kier alpha value is -1.20. The van der Waals surface area contributed by atoms with Gasteiger partial charge in [-0.15, -0.1) is 11.3 Å². The van der Waals surface area contributed by atoms with Crippen LogP contribution in [0.25, 0.3) is 0 Å². The standard InChI is InChI=1S/C13H16O4S/c1-8-5-9(7-17-8)13(15)11-4-3-10(18-11)6-12(14)16-2/h3-4,8-9H,5-7H2,1-2H3. The van der Waals surface area contributed by atoms with Crippen LogP contribution in [0.2, 0.25) is 0 Å². The molecule has 1 aromatic heterocycles. The highest BCUT2D eigenvalue weighted by molar-refractivity contribution is 7.14. The Morgan fingerprint density at radius 1 is 1.50 bits per heavy atom. The number of rotatable bonds is 4. The average Bonchev–Trinajstić information content (AvgIpc) is 2.97. The second kappa shape index (κ2) is 5.63. The third-order valence-electron chi connectivity index (χ3n) is 3.02. The third-order valence-corrected chi connectivity index (χ3v) is 4.12. The van der Waals surface area contributed by atoms with Gasteiger partial charge in [-0.05, 0) is 25.5 Å². The number of ketones is 1. The van der Waals surface area contributed by atoms with E-state index >= 15 is 0 Å². The van der Waals surface area contributed by atoms with E-state index in [1.165, 1.54) is 18.4 Å². The summed E-state index contributed by atoms with van der Waals surface area (Å²) < 4.78 is 10.0. The summed E-state index contributed by atoms with van der Waals surface area (Å²) in [5, 5.41) is 0. The Morgan fingerprint density at radius 2 is 2.28 bits per heavy atom. The molecule has 1 aliphatic rings. The lowest BCUT2D eigenvalue weighted by Gasteiger charge is -2.03. The smallest absolute Gasteiger partial charge is 0.310 e. The fraction of sp³-hybridized carbons (Fsp3) is 0.538. The summed E-state index contributed by atoms with van der Waals surface area (Å²) in [6.07, 6.45) is 1.17. The van der Waals surface area contributed by atoms with Crippen molar-refractivity contribution in [1.82, 2.24) is 0 Å². The first kappa shape index (κ1) is 13.2. The Bertz CT molecular complexity index is 452.